The summed E-state index contributed by atoms with van der Waals surface area (Å²) in [6.07, 6.45) is 0. The van der Waals surface area contributed by atoms with Gasteiger partial charge in [0.2, 0.25) is 0 Å². The first-order valence-electron chi connectivity index (χ1n) is 2.55. The smallest absolute Gasteiger partial charge is 0.0444 e. The molecule has 0 bridgehead atoms. The van der Waals surface area contributed by atoms with E-state index in [0.717, 1.165) is 0 Å². The number of hydrogen-bond donors (Lipinski definition) is 1. The minimum Gasteiger partial charge on any atom is -0.329 e. The monoisotopic (exact) mass is 89.1 g/mol. The van der Waals surface area contributed by atoms with Crippen molar-refractivity contribution in [1.82, 2.24) is 4.90 Å². The topological polar surface area (TPSA) is 29.3 Å². The predicted octanol–water partition coefficient (Wildman–Crippen LogP) is -0.493. The molecular weight excluding hydrogens is 76.1 g/mol. The first-order valence-corrected chi connectivity index (χ1v) is 1.97. The van der Waals surface area contributed by atoms with E-state index in [1.165, 1.54) is 0 Å². The van der Waals surface area contributed by atoms with Crippen molar-refractivity contribution in [3.63, 3.8) is 0 Å². The molecule has 0 spiro atoms. The van der Waals surface area contributed by atoms with Crippen LogP contribution in [0.25, 0.3) is 0 Å². The van der Waals surface area contributed by atoms with E-state index in [1.807, 2.05) is 14.1 Å². The number of likely N-dealkylation sites (N-methyl/N-ethyl adjacent to an activating group) is 1. The fourth-order valence-electron chi connectivity index (χ4n) is 0.211. The van der Waals surface area contributed by atoms with Gasteiger partial charge in [-0.3, -0.25) is 0 Å². The fourth-order valence-corrected chi connectivity index (χ4v) is 0.211. The van der Waals surface area contributed by atoms with Crippen LogP contribution in [-0.4, -0.2) is 32.1 Å². The molecule has 38 valence electrons. The maximum Gasteiger partial charge on any atom is 0.0444 e. The minimum absolute atomic E-state index is 0.236. The van der Waals surface area contributed by atoms with Crippen LogP contribution in [0.4, 0.5) is 0 Å². The van der Waals surface area contributed by atoms with Gasteiger partial charge in [0.05, 0.1) is 0 Å². The maximum atomic E-state index is 7.08. The van der Waals surface area contributed by atoms with Crippen LogP contribution < -0.4 is 5.73 Å². The molecule has 0 aromatic carbocycles. The first-order chi connectivity index (χ1) is 3.18. The summed E-state index contributed by atoms with van der Waals surface area (Å²) >= 11 is 0. The largest absolute Gasteiger partial charge is 0.329 e. The van der Waals surface area contributed by atoms with Gasteiger partial charge in [-0.2, -0.15) is 0 Å². The molecule has 0 saturated carbocycles. The summed E-state index contributed by atoms with van der Waals surface area (Å²) in [6, 6.07) is 0. The van der Waals surface area contributed by atoms with Crippen molar-refractivity contribution in [2.75, 3.05) is 27.2 Å². The van der Waals surface area contributed by atoms with Crippen molar-refractivity contribution in [2.45, 2.75) is 0 Å². The molecule has 0 aromatic heterocycles. The van der Waals surface area contributed by atoms with Crippen molar-refractivity contribution in [3.05, 3.63) is 0 Å². The Balaban J connectivity index is 3.14. The zero-order valence-electron chi connectivity index (χ0n) is 5.31. The van der Waals surface area contributed by atoms with Crippen molar-refractivity contribution in [1.29, 1.82) is 0 Å². The molecule has 0 fully saturated rings. The molecule has 0 rings (SSSR count). The van der Waals surface area contributed by atoms with E-state index in [2.05, 4.69) is 0 Å². The average molecular weight is 89.2 g/mol. The van der Waals surface area contributed by atoms with Crippen LogP contribution in [0.1, 0.15) is 1.37 Å². The molecule has 0 amide bonds. The van der Waals surface area contributed by atoms with E-state index in [4.69, 9.17) is 7.10 Å². The highest BCUT2D eigenvalue weighted by Gasteiger charge is 1.79. The highest BCUT2D eigenvalue weighted by atomic mass is 15.1. The molecule has 1 unspecified atom stereocenters. The Kier molecular flexibility index (Phi) is 2.13. The van der Waals surface area contributed by atoms with Crippen LogP contribution in [0.2, 0.25) is 0 Å². The second kappa shape index (κ2) is 3.12. The van der Waals surface area contributed by atoms with E-state index in [9.17, 15) is 0 Å². The summed E-state index contributed by atoms with van der Waals surface area (Å²) in [6.45, 7) is 0.174. The lowest BCUT2D eigenvalue weighted by atomic mass is 10.6. The lowest BCUT2D eigenvalue weighted by Crippen LogP contribution is -2.20. The summed E-state index contributed by atoms with van der Waals surface area (Å²) < 4.78 is 7.08. The van der Waals surface area contributed by atoms with E-state index in [1.54, 1.807) is 4.90 Å². The Hall–Kier alpha value is -0.0800. The molecule has 0 aliphatic carbocycles. The first kappa shape index (κ1) is 4.09. The van der Waals surface area contributed by atoms with E-state index in [0.29, 0.717) is 6.54 Å². The third-order valence-electron chi connectivity index (χ3n) is 0.471. The Bertz CT molecular complexity index is 47.0. The van der Waals surface area contributed by atoms with Crippen LogP contribution in [0, 0.1) is 0 Å². The van der Waals surface area contributed by atoms with E-state index < -0.39 is 0 Å². The number of nitrogens with two attached hydrogens (primary N) is 1. The number of nitrogens with zero attached hydrogens (tertiary/aromatic N) is 1. The normalized spacial score (nSPS) is 17.7. The SMILES string of the molecule is [2H]C(CN)N(C)C. The standard InChI is InChI=1S/C4H12N2/c1-6(2)4-3-5/h3-5H2,1-2H3/i4D. The van der Waals surface area contributed by atoms with Gasteiger partial charge in [0, 0.05) is 14.4 Å². The highest BCUT2D eigenvalue weighted by Crippen LogP contribution is 1.64. The Morgan fingerprint density at radius 3 is 2.33 bits per heavy atom. The van der Waals surface area contributed by atoms with E-state index >= 15 is 0 Å². The molecule has 2 heteroatoms. The van der Waals surface area contributed by atoms with Crippen LogP contribution in [0.3, 0.4) is 0 Å². The minimum atomic E-state index is -0.236. The van der Waals surface area contributed by atoms with Crippen LogP contribution in [-0.2, 0) is 0 Å². The fraction of sp³-hybridized carbons (Fsp3) is 1.00. The Labute approximate surface area is 40.3 Å². The summed E-state index contributed by atoms with van der Waals surface area (Å²) in [4.78, 5) is 1.76. The molecule has 1 atom stereocenters. The van der Waals surface area contributed by atoms with Crippen molar-refractivity contribution in [2.24, 2.45) is 5.73 Å². The maximum absolute atomic E-state index is 7.08. The lowest BCUT2D eigenvalue weighted by Gasteiger charge is -2.03. The zero-order valence-corrected chi connectivity index (χ0v) is 4.31. The molecule has 0 heterocycles. The van der Waals surface area contributed by atoms with Gasteiger partial charge in [0.1, 0.15) is 0 Å². The van der Waals surface area contributed by atoms with Crippen molar-refractivity contribution in [3.8, 4) is 0 Å². The highest BCUT2D eigenvalue weighted by molar-refractivity contribution is 4.38. The molecule has 0 saturated heterocycles. The third-order valence-corrected chi connectivity index (χ3v) is 0.471. The van der Waals surface area contributed by atoms with Gasteiger partial charge in [0.15, 0.2) is 0 Å². The number of rotatable bonds is 2. The van der Waals surface area contributed by atoms with Crippen LogP contribution in [0.15, 0.2) is 0 Å². The lowest BCUT2D eigenvalue weighted by molar-refractivity contribution is 0.420. The zero-order chi connectivity index (χ0) is 5.86. The molecule has 0 aliphatic heterocycles. The summed E-state index contributed by atoms with van der Waals surface area (Å²) in [5.74, 6) is 0. The Morgan fingerprint density at radius 1 is 1.83 bits per heavy atom. The molecule has 2 N–H and O–H groups in total. The molecule has 2 nitrogen and oxygen atoms in total. The molecule has 0 radical (unpaired) electrons. The second-order valence-electron chi connectivity index (χ2n) is 1.38. The summed E-state index contributed by atoms with van der Waals surface area (Å²) in [7, 11) is 3.68. The van der Waals surface area contributed by atoms with Gasteiger partial charge >= 0.3 is 0 Å². The predicted molar refractivity (Wildman–Crippen MR) is 27.6 cm³/mol. The van der Waals surface area contributed by atoms with Gasteiger partial charge in [-0.1, -0.05) is 0 Å². The Morgan fingerprint density at radius 2 is 2.33 bits per heavy atom. The molecular formula is C4H12N2. The summed E-state index contributed by atoms with van der Waals surface area (Å²) in [5, 5.41) is 0. The third kappa shape index (κ3) is 3.92. The second-order valence-corrected chi connectivity index (χ2v) is 1.38. The quantitative estimate of drug-likeness (QED) is 0.494. The summed E-state index contributed by atoms with van der Waals surface area (Å²) in [5.41, 5.74) is 5.14. The molecule has 0 aromatic rings. The number of hydrogen-bond acceptors (Lipinski definition) is 2. The van der Waals surface area contributed by atoms with Crippen molar-refractivity contribution < 1.29 is 1.37 Å². The van der Waals surface area contributed by atoms with Crippen LogP contribution >= 0.6 is 0 Å². The average Bonchev–Trinajstić information content (AvgIpc) is 1.65. The van der Waals surface area contributed by atoms with Gasteiger partial charge < -0.3 is 10.6 Å². The van der Waals surface area contributed by atoms with Gasteiger partial charge in [-0.15, -0.1) is 0 Å². The van der Waals surface area contributed by atoms with Gasteiger partial charge in [-0.25, -0.2) is 0 Å². The van der Waals surface area contributed by atoms with Gasteiger partial charge in [-0.05, 0) is 14.1 Å². The van der Waals surface area contributed by atoms with Gasteiger partial charge in [0.25, 0.3) is 0 Å². The molecule has 6 heavy (non-hydrogen) atoms. The van der Waals surface area contributed by atoms with E-state index in [-0.39, 0.29) is 6.52 Å². The molecule has 0 aliphatic rings. The van der Waals surface area contributed by atoms with Crippen molar-refractivity contribution >= 4 is 0 Å². The van der Waals surface area contributed by atoms with Crippen LogP contribution in [0.5, 0.6) is 0 Å².